The van der Waals surface area contributed by atoms with Crippen LogP contribution in [0.25, 0.3) is 6.08 Å². The fraction of sp³-hybridized carbons (Fsp3) is 0.188. The first kappa shape index (κ1) is 16.0. The van der Waals surface area contributed by atoms with Crippen LogP contribution < -0.4 is 0 Å². The average molecular weight is 317 g/mol. The van der Waals surface area contributed by atoms with E-state index in [-0.39, 0.29) is 13.0 Å². The maximum atomic E-state index is 12.1. The van der Waals surface area contributed by atoms with Gasteiger partial charge in [0.15, 0.2) is 0 Å². The number of carbonyl (C=O) groups excluding carboxylic acids is 2. The molecular formula is C16H15NO4S. The smallest absolute Gasteiger partial charge is 0.305 e. The van der Waals surface area contributed by atoms with E-state index in [1.165, 1.54) is 0 Å². The van der Waals surface area contributed by atoms with Crippen molar-refractivity contribution >= 4 is 35.0 Å². The number of carbonyl (C=O) groups is 3. The highest BCUT2D eigenvalue weighted by atomic mass is 32.2. The van der Waals surface area contributed by atoms with Crippen LogP contribution in [0.5, 0.6) is 0 Å². The molecular weight excluding hydrogens is 302 g/mol. The van der Waals surface area contributed by atoms with Gasteiger partial charge in [0.05, 0.1) is 11.3 Å². The third-order valence-corrected chi connectivity index (χ3v) is 3.88. The molecule has 0 saturated carbocycles. The van der Waals surface area contributed by atoms with Crippen molar-refractivity contribution in [1.82, 2.24) is 4.90 Å². The van der Waals surface area contributed by atoms with Crippen molar-refractivity contribution in [2.24, 2.45) is 0 Å². The minimum atomic E-state index is -1.04. The van der Waals surface area contributed by atoms with Crippen molar-refractivity contribution < 1.29 is 19.5 Å². The van der Waals surface area contributed by atoms with Crippen LogP contribution in [0.1, 0.15) is 18.9 Å². The van der Waals surface area contributed by atoms with Crippen molar-refractivity contribution in [2.75, 3.05) is 6.54 Å². The quantitative estimate of drug-likeness (QED) is 0.844. The summed E-state index contributed by atoms with van der Waals surface area (Å²) in [7, 11) is 0. The molecule has 0 aliphatic carbocycles. The molecule has 2 rings (SSSR count). The number of rotatable bonds is 5. The van der Waals surface area contributed by atoms with Gasteiger partial charge in [-0.15, -0.1) is 0 Å². The highest BCUT2D eigenvalue weighted by Gasteiger charge is 2.34. The van der Waals surface area contributed by atoms with Gasteiger partial charge in [-0.05, 0) is 35.9 Å². The lowest BCUT2D eigenvalue weighted by Crippen LogP contribution is -2.30. The van der Waals surface area contributed by atoms with E-state index in [2.05, 4.69) is 0 Å². The molecule has 6 heteroatoms. The highest BCUT2D eigenvalue weighted by molar-refractivity contribution is 8.18. The predicted molar refractivity (Wildman–Crippen MR) is 85.1 cm³/mol. The first-order valence-corrected chi connectivity index (χ1v) is 7.49. The van der Waals surface area contributed by atoms with Gasteiger partial charge in [0, 0.05) is 6.54 Å². The number of nitrogens with zero attached hydrogens (tertiary/aromatic N) is 1. The van der Waals surface area contributed by atoms with Crippen LogP contribution in [-0.4, -0.2) is 33.7 Å². The molecule has 0 aromatic heterocycles. The zero-order chi connectivity index (χ0) is 16.1. The molecule has 22 heavy (non-hydrogen) atoms. The van der Waals surface area contributed by atoms with Crippen LogP contribution >= 0.6 is 11.8 Å². The van der Waals surface area contributed by atoms with Crippen LogP contribution in [0.3, 0.4) is 0 Å². The first-order chi connectivity index (χ1) is 10.5. The van der Waals surface area contributed by atoms with Crippen LogP contribution in [0.4, 0.5) is 4.79 Å². The molecule has 5 nitrogen and oxygen atoms in total. The first-order valence-electron chi connectivity index (χ1n) is 6.68. The zero-order valence-corrected chi connectivity index (χ0v) is 12.8. The Balaban J connectivity index is 2.12. The average Bonchev–Trinajstić information content (AvgIpc) is 2.72. The molecule has 0 unspecified atom stereocenters. The molecule has 1 aromatic carbocycles. The van der Waals surface area contributed by atoms with E-state index in [0.29, 0.717) is 4.91 Å². The molecule has 1 fully saturated rings. The lowest BCUT2D eigenvalue weighted by Gasteiger charge is -2.09. The summed E-state index contributed by atoms with van der Waals surface area (Å²) < 4.78 is 0. The number of aliphatic carboxylic acids is 1. The second-order valence-corrected chi connectivity index (χ2v) is 5.77. The van der Waals surface area contributed by atoms with E-state index >= 15 is 0 Å². The molecule has 1 heterocycles. The van der Waals surface area contributed by atoms with Crippen LogP contribution in [0.15, 0.2) is 46.9 Å². The van der Waals surface area contributed by atoms with E-state index < -0.39 is 17.1 Å². The number of hydrogen-bond acceptors (Lipinski definition) is 4. The molecule has 0 spiro atoms. The van der Waals surface area contributed by atoms with E-state index in [1.807, 2.05) is 43.3 Å². The Morgan fingerprint density at radius 3 is 2.59 bits per heavy atom. The van der Waals surface area contributed by atoms with E-state index in [4.69, 9.17) is 5.11 Å². The maximum absolute atomic E-state index is 12.1. The zero-order valence-electron chi connectivity index (χ0n) is 12.0. The number of hydrogen-bond donors (Lipinski definition) is 1. The second kappa shape index (κ2) is 7.09. The van der Waals surface area contributed by atoms with Crippen molar-refractivity contribution in [3.63, 3.8) is 0 Å². The van der Waals surface area contributed by atoms with Crippen LogP contribution in [0, 0.1) is 0 Å². The molecule has 1 saturated heterocycles. The summed E-state index contributed by atoms with van der Waals surface area (Å²) in [6.45, 7) is 1.75. The predicted octanol–water partition coefficient (Wildman–Crippen LogP) is 3.14. The molecule has 2 amide bonds. The summed E-state index contributed by atoms with van der Waals surface area (Å²) in [6, 6.07) is 9.63. The van der Waals surface area contributed by atoms with Gasteiger partial charge in [-0.3, -0.25) is 19.3 Å². The van der Waals surface area contributed by atoms with Crippen molar-refractivity contribution in [2.45, 2.75) is 13.3 Å². The van der Waals surface area contributed by atoms with Gasteiger partial charge in [0.1, 0.15) is 0 Å². The van der Waals surface area contributed by atoms with E-state index in [0.717, 1.165) is 27.8 Å². The molecule has 1 aliphatic heterocycles. The number of carboxylic acid groups (broad SMARTS) is 1. The molecule has 0 atom stereocenters. The largest absolute Gasteiger partial charge is 0.481 e. The van der Waals surface area contributed by atoms with Gasteiger partial charge < -0.3 is 5.11 Å². The second-order valence-electron chi connectivity index (χ2n) is 4.78. The SMILES string of the molecule is CC(=C\c1ccccc1)/C=C1/SC(=O)N(CCC(=O)O)C1=O. The molecule has 114 valence electrons. The Labute approximate surface area is 132 Å². The van der Waals surface area contributed by atoms with Gasteiger partial charge in [0.2, 0.25) is 0 Å². The molecule has 0 bridgehead atoms. The summed E-state index contributed by atoms with van der Waals surface area (Å²) in [6.07, 6.45) is 3.31. The number of carboxylic acids is 1. The summed E-state index contributed by atoms with van der Waals surface area (Å²) in [5.41, 5.74) is 1.84. The molecule has 0 radical (unpaired) electrons. The summed E-state index contributed by atoms with van der Waals surface area (Å²) >= 11 is 0.837. The van der Waals surface area contributed by atoms with Gasteiger partial charge in [0.25, 0.3) is 11.1 Å². The Hall–Kier alpha value is -2.34. The standard InChI is InChI=1S/C16H15NO4S/c1-11(9-12-5-3-2-4-6-12)10-13-15(20)17(16(21)22-13)8-7-14(18)19/h2-6,9-10H,7-8H2,1H3,(H,18,19)/b11-9+,13-10+. The number of amides is 2. The lowest BCUT2D eigenvalue weighted by molar-refractivity contribution is -0.137. The number of imide groups is 1. The molecule has 1 aromatic rings. The monoisotopic (exact) mass is 317 g/mol. The van der Waals surface area contributed by atoms with E-state index in [1.54, 1.807) is 6.08 Å². The minimum Gasteiger partial charge on any atom is -0.481 e. The summed E-state index contributed by atoms with van der Waals surface area (Å²) in [5, 5.41) is 8.22. The molecule has 1 aliphatic rings. The fourth-order valence-electron chi connectivity index (χ4n) is 1.96. The van der Waals surface area contributed by atoms with E-state index in [9.17, 15) is 14.4 Å². The summed E-state index contributed by atoms with van der Waals surface area (Å²) in [4.78, 5) is 35.7. The Morgan fingerprint density at radius 2 is 1.95 bits per heavy atom. The minimum absolute atomic E-state index is 0.0984. The van der Waals surface area contributed by atoms with Gasteiger partial charge >= 0.3 is 5.97 Å². The number of allylic oxidation sites excluding steroid dienone is 2. The number of thioether (sulfide) groups is 1. The normalized spacial score (nSPS) is 17.4. The molecule has 1 N–H and O–H groups in total. The lowest BCUT2D eigenvalue weighted by atomic mass is 10.1. The Bertz CT molecular complexity index is 664. The topological polar surface area (TPSA) is 74.7 Å². The van der Waals surface area contributed by atoms with Gasteiger partial charge in [-0.1, -0.05) is 36.4 Å². The maximum Gasteiger partial charge on any atom is 0.305 e. The third kappa shape index (κ3) is 4.08. The van der Waals surface area contributed by atoms with Gasteiger partial charge in [-0.25, -0.2) is 0 Å². The third-order valence-electron chi connectivity index (χ3n) is 2.98. The van der Waals surface area contributed by atoms with Crippen LogP contribution in [-0.2, 0) is 9.59 Å². The Kier molecular flexibility index (Phi) is 5.16. The Morgan fingerprint density at radius 1 is 1.27 bits per heavy atom. The van der Waals surface area contributed by atoms with Gasteiger partial charge in [-0.2, -0.15) is 0 Å². The van der Waals surface area contributed by atoms with Crippen LogP contribution in [0.2, 0.25) is 0 Å². The van der Waals surface area contributed by atoms with Crippen molar-refractivity contribution in [1.29, 1.82) is 0 Å². The number of benzene rings is 1. The highest BCUT2D eigenvalue weighted by Crippen LogP contribution is 2.31. The fourth-order valence-corrected chi connectivity index (χ4v) is 2.88. The van der Waals surface area contributed by atoms with Crippen molar-refractivity contribution in [3.8, 4) is 0 Å². The van der Waals surface area contributed by atoms with Crippen molar-refractivity contribution in [3.05, 3.63) is 52.4 Å². The summed E-state index contributed by atoms with van der Waals surface area (Å²) in [5.74, 6) is -1.47.